The van der Waals surface area contributed by atoms with Crippen molar-refractivity contribution in [3.63, 3.8) is 0 Å². The first-order chi connectivity index (χ1) is 9.56. The number of primary amides is 1. The van der Waals surface area contributed by atoms with E-state index in [-0.39, 0.29) is 5.90 Å². The fraction of sp³-hybridized carbons (Fsp3) is 0.143. The van der Waals surface area contributed by atoms with E-state index in [1.165, 1.54) is 7.11 Å². The molecule has 0 aliphatic heterocycles. The molecule has 2 aromatic heterocycles. The van der Waals surface area contributed by atoms with Gasteiger partial charge in [0.05, 0.1) is 7.11 Å². The van der Waals surface area contributed by atoms with Crippen molar-refractivity contribution in [3.05, 3.63) is 59.7 Å². The topological polar surface area (TPSA) is 102 Å². The van der Waals surface area contributed by atoms with Gasteiger partial charge in [-0.2, -0.15) is 0 Å². The summed E-state index contributed by atoms with van der Waals surface area (Å²) in [5.74, 6) is -0.376. The third-order valence-electron chi connectivity index (χ3n) is 2.34. The number of aryl methyl sites for hydroxylation is 1. The highest BCUT2D eigenvalue weighted by Gasteiger charge is 2.02. The van der Waals surface area contributed by atoms with Crippen LogP contribution in [0.4, 0.5) is 0 Å². The summed E-state index contributed by atoms with van der Waals surface area (Å²) in [6.45, 7) is 1.80. The van der Waals surface area contributed by atoms with Gasteiger partial charge in [0.2, 0.25) is 5.90 Å². The summed E-state index contributed by atoms with van der Waals surface area (Å²) in [5, 5.41) is 7.19. The van der Waals surface area contributed by atoms with Crippen LogP contribution in [0.25, 0.3) is 0 Å². The molecule has 1 amide bonds. The van der Waals surface area contributed by atoms with Gasteiger partial charge in [-0.1, -0.05) is 12.1 Å². The van der Waals surface area contributed by atoms with Crippen LogP contribution >= 0.6 is 0 Å². The lowest BCUT2D eigenvalue weighted by molar-refractivity contribution is 0.0995. The minimum absolute atomic E-state index is 0.0978. The number of pyridine rings is 2. The molecule has 0 fully saturated rings. The average Bonchev–Trinajstić information content (AvgIpc) is 2.48. The van der Waals surface area contributed by atoms with E-state index in [1.54, 1.807) is 43.6 Å². The standard InChI is InChI=1S/2C7H8N2O/c1-10-7(8)6-4-2-3-5-9-6;1-5-3-2-4-9-6(5)7(8)10/h2-5,8H,1H3;2-4H,1H3,(H2,8,10). The summed E-state index contributed by atoms with van der Waals surface area (Å²) < 4.78 is 4.66. The highest BCUT2D eigenvalue weighted by atomic mass is 16.5. The van der Waals surface area contributed by atoms with Crippen LogP contribution in [0.5, 0.6) is 0 Å². The van der Waals surface area contributed by atoms with Crippen LogP contribution in [0.15, 0.2) is 42.7 Å². The van der Waals surface area contributed by atoms with Crippen molar-refractivity contribution in [1.82, 2.24) is 9.97 Å². The summed E-state index contributed by atoms with van der Waals surface area (Å²) >= 11 is 0. The Morgan fingerprint density at radius 3 is 2.35 bits per heavy atom. The van der Waals surface area contributed by atoms with E-state index < -0.39 is 5.91 Å². The lowest BCUT2D eigenvalue weighted by atomic mass is 10.2. The van der Waals surface area contributed by atoms with Crippen molar-refractivity contribution < 1.29 is 9.53 Å². The Hall–Kier alpha value is -2.76. The van der Waals surface area contributed by atoms with Crippen molar-refractivity contribution in [1.29, 1.82) is 5.41 Å². The molecule has 0 spiro atoms. The fourth-order valence-electron chi connectivity index (χ4n) is 1.35. The van der Waals surface area contributed by atoms with E-state index in [9.17, 15) is 4.79 Å². The maximum Gasteiger partial charge on any atom is 0.267 e. The molecule has 20 heavy (non-hydrogen) atoms. The number of hydrogen-bond donors (Lipinski definition) is 2. The minimum Gasteiger partial charge on any atom is -0.480 e. The summed E-state index contributed by atoms with van der Waals surface area (Å²) in [5.41, 5.74) is 6.74. The Morgan fingerprint density at radius 2 is 1.90 bits per heavy atom. The molecule has 0 radical (unpaired) electrons. The fourth-order valence-corrected chi connectivity index (χ4v) is 1.35. The van der Waals surface area contributed by atoms with Crippen molar-refractivity contribution in [2.45, 2.75) is 6.92 Å². The smallest absolute Gasteiger partial charge is 0.267 e. The molecule has 6 heteroatoms. The van der Waals surface area contributed by atoms with Crippen molar-refractivity contribution in [2.24, 2.45) is 5.73 Å². The van der Waals surface area contributed by atoms with Crippen molar-refractivity contribution >= 4 is 11.8 Å². The van der Waals surface area contributed by atoms with Gasteiger partial charge in [-0.15, -0.1) is 0 Å². The Kier molecular flexibility index (Phi) is 5.83. The Bertz CT molecular complexity index is 585. The molecule has 0 saturated heterocycles. The van der Waals surface area contributed by atoms with Gasteiger partial charge in [-0.3, -0.25) is 20.2 Å². The molecule has 0 saturated carbocycles. The summed E-state index contributed by atoms with van der Waals surface area (Å²) in [7, 11) is 1.46. The lowest BCUT2D eigenvalue weighted by Gasteiger charge is -1.98. The van der Waals surface area contributed by atoms with Crippen LogP contribution in [-0.4, -0.2) is 28.9 Å². The quantitative estimate of drug-likeness (QED) is 0.639. The second-order valence-electron chi connectivity index (χ2n) is 3.78. The minimum atomic E-state index is -0.474. The van der Waals surface area contributed by atoms with Crippen molar-refractivity contribution in [3.8, 4) is 0 Å². The van der Waals surface area contributed by atoms with E-state index in [1.807, 2.05) is 6.07 Å². The molecule has 104 valence electrons. The van der Waals surface area contributed by atoms with E-state index in [0.29, 0.717) is 11.4 Å². The normalized spacial score (nSPS) is 9.10. The maximum atomic E-state index is 10.6. The van der Waals surface area contributed by atoms with Gasteiger partial charge >= 0.3 is 0 Å². The summed E-state index contributed by atoms with van der Waals surface area (Å²) in [6.07, 6.45) is 3.18. The van der Waals surface area contributed by atoms with Crippen molar-refractivity contribution in [2.75, 3.05) is 7.11 Å². The zero-order valence-electron chi connectivity index (χ0n) is 11.3. The molecule has 0 aliphatic carbocycles. The van der Waals surface area contributed by atoms with Gasteiger partial charge in [0.15, 0.2) is 0 Å². The third kappa shape index (κ3) is 4.49. The van der Waals surface area contributed by atoms with Crippen LogP contribution in [0.1, 0.15) is 21.7 Å². The predicted octanol–water partition coefficient (Wildman–Crippen LogP) is 1.54. The number of carbonyl (C=O) groups is 1. The first-order valence-corrected chi connectivity index (χ1v) is 5.81. The number of aromatic nitrogens is 2. The first-order valence-electron chi connectivity index (χ1n) is 5.81. The number of hydrogen-bond acceptors (Lipinski definition) is 5. The van der Waals surface area contributed by atoms with E-state index >= 15 is 0 Å². The zero-order chi connectivity index (χ0) is 15.0. The molecule has 2 heterocycles. The van der Waals surface area contributed by atoms with Crippen LogP contribution in [0, 0.1) is 12.3 Å². The number of methoxy groups -OCH3 is 1. The molecule has 6 nitrogen and oxygen atoms in total. The molecular weight excluding hydrogens is 256 g/mol. The van der Waals surface area contributed by atoms with E-state index in [0.717, 1.165) is 5.56 Å². The second kappa shape index (κ2) is 7.63. The monoisotopic (exact) mass is 272 g/mol. The highest BCUT2D eigenvalue weighted by Crippen LogP contribution is 2.00. The summed E-state index contributed by atoms with van der Waals surface area (Å²) in [6, 6.07) is 8.91. The molecule has 0 aliphatic rings. The third-order valence-corrected chi connectivity index (χ3v) is 2.34. The number of ether oxygens (including phenoxy) is 1. The SMILES string of the molecule is COC(=N)c1ccccn1.Cc1cccnc1C(N)=O. The lowest BCUT2D eigenvalue weighted by Crippen LogP contribution is -2.14. The average molecular weight is 272 g/mol. The van der Waals surface area contributed by atoms with Gasteiger partial charge in [0.1, 0.15) is 11.4 Å². The molecule has 0 atom stereocenters. The van der Waals surface area contributed by atoms with Gasteiger partial charge < -0.3 is 10.5 Å². The first kappa shape index (κ1) is 15.3. The second-order valence-corrected chi connectivity index (χ2v) is 3.78. The Morgan fingerprint density at radius 1 is 1.20 bits per heavy atom. The predicted molar refractivity (Wildman–Crippen MR) is 75.6 cm³/mol. The number of nitrogens with one attached hydrogen (secondary N) is 1. The Labute approximate surface area is 117 Å². The van der Waals surface area contributed by atoms with Gasteiger partial charge in [0, 0.05) is 12.4 Å². The summed E-state index contributed by atoms with van der Waals surface area (Å²) in [4.78, 5) is 18.3. The number of nitrogens with two attached hydrogens (primary N) is 1. The Balaban J connectivity index is 0.000000200. The molecular formula is C14H16N4O2. The molecule has 2 aromatic rings. The van der Waals surface area contributed by atoms with E-state index in [2.05, 4.69) is 14.7 Å². The van der Waals surface area contributed by atoms with Crippen LogP contribution in [-0.2, 0) is 4.74 Å². The van der Waals surface area contributed by atoms with Crippen LogP contribution in [0.2, 0.25) is 0 Å². The van der Waals surface area contributed by atoms with Gasteiger partial charge in [0.25, 0.3) is 5.91 Å². The number of carbonyl (C=O) groups excluding carboxylic acids is 1. The number of nitrogens with zero attached hydrogens (tertiary/aromatic N) is 2. The largest absolute Gasteiger partial charge is 0.480 e. The number of amides is 1. The highest BCUT2D eigenvalue weighted by molar-refractivity contribution is 5.92. The van der Waals surface area contributed by atoms with Gasteiger partial charge in [-0.05, 0) is 30.7 Å². The molecule has 0 aromatic carbocycles. The molecule has 0 bridgehead atoms. The molecule has 0 unspecified atom stereocenters. The van der Waals surface area contributed by atoms with Crippen LogP contribution in [0.3, 0.4) is 0 Å². The molecule has 3 N–H and O–H groups in total. The number of rotatable bonds is 2. The molecule has 2 rings (SSSR count). The maximum absolute atomic E-state index is 10.6. The van der Waals surface area contributed by atoms with Gasteiger partial charge in [-0.25, -0.2) is 0 Å². The zero-order valence-corrected chi connectivity index (χ0v) is 11.3. The van der Waals surface area contributed by atoms with Crippen LogP contribution < -0.4 is 5.73 Å². The van der Waals surface area contributed by atoms with E-state index in [4.69, 9.17) is 11.1 Å².